The lowest BCUT2D eigenvalue weighted by Crippen LogP contribution is -2.40. The molecule has 150 valence electrons. The van der Waals surface area contributed by atoms with Gasteiger partial charge >= 0.3 is 0 Å². The Labute approximate surface area is 170 Å². The highest BCUT2D eigenvalue weighted by Gasteiger charge is 2.22. The van der Waals surface area contributed by atoms with E-state index in [1.165, 1.54) is 6.39 Å². The number of hydrogen-bond acceptors (Lipinski definition) is 6. The van der Waals surface area contributed by atoms with Crippen LogP contribution in [0.2, 0.25) is 0 Å². The molecule has 0 fully saturated rings. The monoisotopic (exact) mass is 417 g/mol. The molecule has 1 atom stereocenters. The molecule has 7 nitrogen and oxygen atoms in total. The molecule has 0 aliphatic carbocycles. The Morgan fingerprint density at radius 2 is 2.00 bits per heavy atom. The average Bonchev–Trinajstić information content (AvgIpc) is 3.14. The van der Waals surface area contributed by atoms with Crippen molar-refractivity contribution in [2.24, 2.45) is 5.73 Å². The van der Waals surface area contributed by atoms with Crippen LogP contribution in [0.3, 0.4) is 0 Å². The number of oxazole rings is 1. The molecule has 2 aromatic rings. The number of unbranched alkanes of at least 4 members (excludes halogenated alkanes) is 1. The highest BCUT2D eigenvalue weighted by atomic mass is 35.5. The van der Waals surface area contributed by atoms with E-state index in [9.17, 15) is 4.79 Å². The van der Waals surface area contributed by atoms with E-state index in [1.807, 2.05) is 6.07 Å². The number of halogens is 2. The lowest BCUT2D eigenvalue weighted by Gasteiger charge is -2.18. The van der Waals surface area contributed by atoms with Crippen molar-refractivity contribution in [3.05, 3.63) is 30.3 Å². The Bertz CT molecular complexity index is 739. The molecule has 1 unspecified atom stereocenters. The number of benzene rings is 1. The summed E-state index contributed by atoms with van der Waals surface area (Å²) in [6, 6.07) is 5.35. The SMILES string of the molecule is CCCCC(CN)NC(=O)c1ncoc1-c1ccc2c(c1)OCCO2.Cl.Cl. The maximum atomic E-state index is 12.6. The molecule has 9 heteroatoms. The van der Waals surface area contributed by atoms with Crippen molar-refractivity contribution in [3.8, 4) is 22.8 Å². The first-order chi connectivity index (χ1) is 12.2. The van der Waals surface area contributed by atoms with E-state index >= 15 is 0 Å². The maximum Gasteiger partial charge on any atom is 0.274 e. The van der Waals surface area contributed by atoms with Crippen LogP contribution < -0.4 is 20.5 Å². The number of carbonyl (C=O) groups is 1. The summed E-state index contributed by atoms with van der Waals surface area (Å²) in [5.74, 6) is 1.43. The Balaban J connectivity index is 0.00000182. The molecule has 1 amide bonds. The summed E-state index contributed by atoms with van der Waals surface area (Å²) in [7, 11) is 0. The molecule has 0 saturated carbocycles. The van der Waals surface area contributed by atoms with E-state index in [0.29, 0.717) is 42.6 Å². The molecule has 0 bridgehead atoms. The van der Waals surface area contributed by atoms with Gasteiger partial charge in [-0.1, -0.05) is 19.8 Å². The van der Waals surface area contributed by atoms with Crippen molar-refractivity contribution in [2.75, 3.05) is 19.8 Å². The fourth-order valence-corrected chi connectivity index (χ4v) is 2.75. The molecule has 2 heterocycles. The van der Waals surface area contributed by atoms with Crippen LogP contribution >= 0.6 is 24.8 Å². The number of nitrogens with zero attached hydrogens (tertiary/aromatic N) is 1. The number of rotatable bonds is 7. The third-order valence-corrected chi connectivity index (χ3v) is 4.11. The standard InChI is InChI=1S/C18H23N3O4.2ClH/c1-2-3-4-13(10-19)21-18(22)16-17(25-11-20-16)12-5-6-14-15(9-12)24-8-7-23-14;;/h5-6,9,11,13H,2-4,7-8,10,19H2,1H3,(H,21,22);2*1H. The molecule has 27 heavy (non-hydrogen) atoms. The fourth-order valence-electron chi connectivity index (χ4n) is 2.75. The summed E-state index contributed by atoms with van der Waals surface area (Å²) in [4.78, 5) is 16.7. The van der Waals surface area contributed by atoms with Gasteiger partial charge in [-0.05, 0) is 24.6 Å². The Morgan fingerprint density at radius 1 is 1.26 bits per heavy atom. The van der Waals surface area contributed by atoms with Gasteiger partial charge in [0.2, 0.25) is 0 Å². The predicted octanol–water partition coefficient (Wildman–Crippen LogP) is 3.20. The van der Waals surface area contributed by atoms with Gasteiger partial charge in [0.15, 0.2) is 29.3 Å². The van der Waals surface area contributed by atoms with E-state index < -0.39 is 0 Å². The molecular weight excluding hydrogens is 393 g/mol. The number of aromatic nitrogens is 1. The number of ether oxygens (including phenoxy) is 2. The van der Waals surface area contributed by atoms with Gasteiger partial charge in [0.05, 0.1) is 0 Å². The quantitative estimate of drug-likeness (QED) is 0.717. The zero-order chi connectivity index (χ0) is 17.6. The highest BCUT2D eigenvalue weighted by Crippen LogP contribution is 2.35. The summed E-state index contributed by atoms with van der Waals surface area (Å²) in [5, 5.41) is 2.93. The smallest absolute Gasteiger partial charge is 0.274 e. The first kappa shape index (κ1) is 23.1. The van der Waals surface area contributed by atoms with Gasteiger partial charge < -0.3 is 24.9 Å². The molecule has 1 aliphatic rings. The summed E-state index contributed by atoms with van der Waals surface area (Å²) in [6.07, 6.45) is 4.18. The third kappa shape index (κ3) is 5.51. The summed E-state index contributed by atoms with van der Waals surface area (Å²) < 4.78 is 16.6. The molecule has 0 radical (unpaired) electrons. The summed E-state index contributed by atoms with van der Waals surface area (Å²) in [5.41, 5.74) is 6.71. The van der Waals surface area contributed by atoms with Crippen molar-refractivity contribution in [1.29, 1.82) is 0 Å². The van der Waals surface area contributed by atoms with Crippen LogP contribution in [0.5, 0.6) is 11.5 Å². The topological polar surface area (TPSA) is 99.6 Å². The molecule has 1 aliphatic heterocycles. The lowest BCUT2D eigenvalue weighted by atomic mass is 10.1. The van der Waals surface area contributed by atoms with Crippen LogP contribution in [0, 0.1) is 0 Å². The van der Waals surface area contributed by atoms with Crippen molar-refractivity contribution in [2.45, 2.75) is 32.2 Å². The molecule has 1 aromatic heterocycles. The van der Waals surface area contributed by atoms with E-state index in [2.05, 4.69) is 17.2 Å². The zero-order valence-electron chi connectivity index (χ0n) is 15.1. The molecule has 0 saturated heterocycles. The van der Waals surface area contributed by atoms with Crippen molar-refractivity contribution in [1.82, 2.24) is 10.3 Å². The van der Waals surface area contributed by atoms with E-state index in [-0.39, 0.29) is 42.5 Å². The van der Waals surface area contributed by atoms with Gasteiger partial charge in [-0.3, -0.25) is 4.79 Å². The predicted molar refractivity (Wildman–Crippen MR) is 107 cm³/mol. The number of nitrogens with one attached hydrogen (secondary N) is 1. The minimum atomic E-state index is -0.287. The molecule has 1 aromatic carbocycles. The maximum absolute atomic E-state index is 12.6. The summed E-state index contributed by atoms with van der Waals surface area (Å²) in [6.45, 7) is 3.52. The van der Waals surface area contributed by atoms with Gasteiger partial charge in [0, 0.05) is 18.2 Å². The second kappa shape index (κ2) is 11.0. The van der Waals surface area contributed by atoms with Crippen molar-refractivity contribution >= 4 is 30.7 Å². The van der Waals surface area contributed by atoms with Gasteiger partial charge in [-0.15, -0.1) is 24.8 Å². The third-order valence-electron chi connectivity index (χ3n) is 4.11. The fraction of sp³-hybridized carbons (Fsp3) is 0.444. The zero-order valence-corrected chi connectivity index (χ0v) is 16.7. The van der Waals surface area contributed by atoms with Gasteiger partial charge in [0.1, 0.15) is 13.2 Å². The first-order valence-corrected chi connectivity index (χ1v) is 8.57. The highest BCUT2D eigenvalue weighted by molar-refractivity contribution is 5.97. The second-order valence-electron chi connectivity index (χ2n) is 5.94. The normalized spacial score (nSPS) is 13.1. The molecular formula is C18H25Cl2N3O4. The number of fused-ring (bicyclic) bond motifs is 1. The van der Waals surface area contributed by atoms with Crippen LogP contribution in [-0.2, 0) is 0 Å². The Morgan fingerprint density at radius 3 is 2.70 bits per heavy atom. The van der Waals surface area contributed by atoms with Gasteiger partial charge in [-0.2, -0.15) is 0 Å². The van der Waals surface area contributed by atoms with E-state index in [0.717, 1.165) is 19.3 Å². The van der Waals surface area contributed by atoms with Crippen molar-refractivity contribution < 1.29 is 18.7 Å². The van der Waals surface area contributed by atoms with Crippen LogP contribution in [0.15, 0.2) is 29.0 Å². The Hall–Kier alpha value is -1.96. The van der Waals surface area contributed by atoms with Gasteiger partial charge in [-0.25, -0.2) is 4.98 Å². The van der Waals surface area contributed by atoms with E-state index in [4.69, 9.17) is 19.6 Å². The molecule has 0 spiro atoms. The van der Waals surface area contributed by atoms with Crippen LogP contribution in [0.25, 0.3) is 11.3 Å². The van der Waals surface area contributed by atoms with Gasteiger partial charge in [0.25, 0.3) is 5.91 Å². The largest absolute Gasteiger partial charge is 0.486 e. The second-order valence-corrected chi connectivity index (χ2v) is 5.94. The van der Waals surface area contributed by atoms with Crippen LogP contribution in [-0.4, -0.2) is 36.7 Å². The molecule has 3 N–H and O–H groups in total. The minimum absolute atomic E-state index is 0. The summed E-state index contributed by atoms with van der Waals surface area (Å²) >= 11 is 0. The van der Waals surface area contributed by atoms with Crippen LogP contribution in [0.4, 0.5) is 0 Å². The average molecular weight is 418 g/mol. The number of carbonyl (C=O) groups excluding carboxylic acids is 1. The van der Waals surface area contributed by atoms with E-state index in [1.54, 1.807) is 12.1 Å². The first-order valence-electron chi connectivity index (χ1n) is 8.57. The molecule has 3 rings (SSSR count). The number of nitrogens with two attached hydrogens (primary N) is 1. The van der Waals surface area contributed by atoms with Crippen LogP contribution in [0.1, 0.15) is 36.7 Å². The number of hydrogen-bond donors (Lipinski definition) is 2. The number of amides is 1. The minimum Gasteiger partial charge on any atom is -0.486 e. The van der Waals surface area contributed by atoms with Crippen molar-refractivity contribution in [3.63, 3.8) is 0 Å². The Kier molecular flexibility index (Phi) is 9.41. The lowest BCUT2D eigenvalue weighted by molar-refractivity contribution is 0.0931.